The number of allylic oxidation sites excluding steroid dienone is 5. The minimum Gasteiger partial charge on any atom is -0.393 e. The van der Waals surface area contributed by atoms with Crippen molar-refractivity contribution in [3.05, 3.63) is 36.5 Å². The minimum atomic E-state index is -4.40. The maximum atomic E-state index is 12.8. The van der Waals surface area contributed by atoms with Crippen LogP contribution < -0.4 is 11.1 Å². The molecule has 55 heavy (non-hydrogen) atoms. The van der Waals surface area contributed by atoms with Gasteiger partial charge in [-0.05, 0) is 44.9 Å². The van der Waals surface area contributed by atoms with Gasteiger partial charge in [0.2, 0.25) is 5.91 Å². The van der Waals surface area contributed by atoms with Crippen LogP contribution in [0.5, 0.6) is 0 Å². The van der Waals surface area contributed by atoms with Gasteiger partial charge >= 0.3 is 7.82 Å². The Morgan fingerprint density at radius 1 is 0.655 bits per heavy atom. The fourth-order valence-electron chi connectivity index (χ4n) is 6.63. The second-order valence-electron chi connectivity index (χ2n) is 15.4. The lowest BCUT2D eigenvalue weighted by atomic mass is 10.0. The molecule has 6 N–H and O–H groups in total. The lowest BCUT2D eigenvalue weighted by molar-refractivity contribution is -0.124. The Labute approximate surface area is 338 Å². The van der Waals surface area contributed by atoms with E-state index in [1.807, 2.05) is 6.08 Å². The molecule has 0 rings (SSSR count). The molecule has 0 radical (unpaired) electrons. The highest BCUT2D eigenvalue weighted by Crippen LogP contribution is 2.43. The standard InChI is InChI=1S/C45H87N2O7P/c1-3-5-7-9-11-13-15-17-19-20-21-22-23-24-26-28-30-32-34-36-42(48)40-45(50)47-43(41-54-55(51,52)53-39-38-46)44(49)37-35-33-31-29-27-25-18-16-14-12-10-8-6-4-2/h5,7,11,13,35,37,42-44,48-49H,3-4,6,8-10,12,14-34,36,38-41,46H2,1-2H3,(H,47,50)(H,51,52)/b7-5-,13-11-,37-35+. The molecule has 9 nitrogen and oxygen atoms in total. The first-order chi connectivity index (χ1) is 26.8. The Kier molecular flexibility index (Phi) is 39.9. The molecule has 0 aromatic rings. The maximum Gasteiger partial charge on any atom is 0.472 e. The molecule has 0 aliphatic heterocycles. The van der Waals surface area contributed by atoms with Gasteiger partial charge in [0.15, 0.2) is 0 Å². The SMILES string of the molecule is CC/C=C\C/C=C\CCCCCCCCCCCCCCC(O)CC(=O)NC(COP(=O)(O)OCCN)C(O)/C=C/CCCCCCCCCCCCCC. The number of hydrogen-bond acceptors (Lipinski definition) is 7. The summed E-state index contributed by atoms with van der Waals surface area (Å²) in [4.78, 5) is 22.8. The summed E-state index contributed by atoms with van der Waals surface area (Å²) in [5, 5.41) is 24.1. The lowest BCUT2D eigenvalue weighted by Gasteiger charge is -2.24. The molecule has 0 saturated carbocycles. The van der Waals surface area contributed by atoms with E-state index < -0.39 is 38.6 Å². The van der Waals surface area contributed by atoms with Crippen LogP contribution in [0.2, 0.25) is 0 Å². The molecule has 0 aromatic heterocycles. The van der Waals surface area contributed by atoms with Crippen LogP contribution in [0, 0.1) is 0 Å². The predicted octanol–water partition coefficient (Wildman–Crippen LogP) is 11.7. The number of rotatable bonds is 42. The van der Waals surface area contributed by atoms with Gasteiger partial charge in [-0.1, -0.05) is 192 Å². The molecule has 0 aromatic carbocycles. The van der Waals surface area contributed by atoms with E-state index in [9.17, 15) is 24.5 Å². The number of hydrogen-bond donors (Lipinski definition) is 5. The summed E-state index contributed by atoms with van der Waals surface area (Å²) in [6.07, 6.45) is 45.1. The first-order valence-corrected chi connectivity index (χ1v) is 24.2. The zero-order valence-electron chi connectivity index (χ0n) is 35.5. The number of nitrogens with one attached hydrogen (secondary N) is 1. The van der Waals surface area contributed by atoms with Crippen molar-refractivity contribution in [1.29, 1.82) is 0 Å². The van der Waals surface area contributed by atoms with Gasteiger partial charge in [0, 0.05) is 6.54 Å². The number of unbranched alkanes of at least 4 members (excludes halogenated alkanes) is 24. The van der Waals surface area contributed by atoms with Crippen LogP contribution in [-0.4, -0.2) is 59.0 Å². The van der Waals surface area contributed by atoms with Crippen molar-refractivity contribution in [2.24, 2.45) is 5.73 Å². The van der Waals surface area contributed by atoms with Crippen molar-refractivity contribution in [3.8, 4) is 0 Å². The predicted molar refractivity (Wildman–Crippen MR) is 232 cm³/mol. The zero-order chi connectivity index (χ0) is 40.5. The monoisotopic (exact) mass is 799 g/mol. The average Bonchev–Trinajstić information content (AvgIpc) is 3.16. The molecular weight excluding hydrogens is 711 g/mol. The van der Waals surface area contributed by atoms with Gasteiger partial charge in [-0.2, -0.15) is 0 Å². The summed E-state index contributed by atoms with van der Waals surface area (Å²) in [6.45, 7) is 3.87. The number of phosphoric acid groups is 1. The molecule has 0 bridgehead atoms. The molecule has 0 aliphatic carbocycles. The topological polar surface area (TPSA) is 151 Å². The van der Waals surface area contributed by atoms with Crippen molar-refractivity contribution in [2.75, 3.05) is 19.8 Å². The number of carbonyl (C=O) groups excluding carboxylic acids is 1. The summed E-state index contributed by atoms with van der Waals surface area (Å²) in [7, 11) is -4.40. The van der Waals surface area contributed by atoms with E-state index >= 15 is 0 Å². The number of nitrogens with two attached hydrogens (primary N) is 1. The van der Waals surface area contributed by atoms with Gasteiger partial charge in [0.05, 0.1) is 37.9 Å². The van der Waals surface area contributed by atoms with Crippen LogP contribution in [0.3, 0.4) is 0 Å². The largest absolute Gasteiger partial charge is 0.472 e. The summed E-state index contributed by atoms with van der Waals surface area (Å²) >= 11 is 0. The molecule has 1 amide bonds. The van der Waals surface area contributed by atoms with Crippen LogP contribution >= 0.6 is 7.82 Å². The molecule has 0 spiro atoms. The van der Waals surface area contributed by atoms with Gasteiger partial charge < -0.3 is 26.2 Å². The average molecular weight is 799 g/mol. The van der Waals surface area contributed by atoms with Gasteiger partial charge in [-0.3, -0.25) is 13.8 Å². The van der Waals surface area contributed by atoms with Crippen LogP contribution in [0.4, 0.5) is 0 Å². The van der Waals surface area contributed by atoms with E-state index in [0.717, 1.165) is 51.4 Å². The summed E-state index contributed by atoms with van der Waals surface area (Å²) in [5.74, 6) is -0.447. The third-order valence-electron chi connectivity index (χ3n) is 10.0. The van der Waals surface area contributed by atoms with Gasteiger partial charge in [-0.25, -0.2) is 4.57 Å². The Morgan fingerprint density at radius 2 is 1.13 bits per heavy atom. The van der Waals surface area contributed by atoms with Crippen LogP contribution in [0.25, 0.3) is 0 Å². The molecule has 10 heteroatoms. The third-order valence-corrected chi connectivity index (χ3v) is 11.0. The molecule has 4 atom stereocenters. The van der Waals surface area contributed by atoms with E-state index in [4.69, 9.17) is 14.8 Å². The molecule has 4 unspecified atom stereocenters. The number of phosphoric ester groups is 1. The van der Waals surface area contributed by atoms with Crippen molar-refractivity contribution < 1.29 is 33.5 Å². The number of aliphatic hydroxyl groups excluding tert-OH is 2. The first-order valence-electron chi connectivity index (χ1n) is 22.7. The quantitative estimate of drug-likeness (QED) is 0.0233. The Morgan fingerprint density at radius 3 is 1.64 bits per heavy atom. The minimum absolute atomic E-state index is 0.0490. The highest BCUT2D eigenvalue weighted by atomic mass is 31.2. The van der Waals surface area contributed by atoms with Crippen molar-refractivity contribution >= 4 is 13.7 Å². The molecule has 0 heterocycles. The van der Waals surface area contributed by atoms with E-state index in [0.29, 0.717) is 6.42 Å². The first kappa shape index (κ1) is 53.7. The highest BCUT2D eigenvalue weighted by molar-refractivity contribution is 7.47. The van der Waals surface area contributed by atoms with Crippen molar-refractivity contribution in [3.63, 3.8) is 0 Å². The van der Waals surface area contributed by atoms with Gasteiger partial charge in [0.1, 0.15) is 0 Å². The number of carbonyl (C=O) groups is 1. The molecule has 324 valence electrons. The van der Waals surface area contributed by atoms with E-state index in [2.05, 4.69) is 43.5 Å². The van der Waals surface area contributed by atoms with Crippen molar-refractivity contribution in [1.82, 2.24) is 5.32 Å². The second-order valence-corrected chi connectivity index (χ2v) is 16.9. The highest BCUT2D eigenvalue weighted by Gasteiger charge is 2.27. The van der Waals surface area contributed by atoms with Gasteiger partial charge in [-0.15, -0.1) is 0 Å². The third kappa shape index (κ3) is 39.3. The maximum absolute atomic E-state index is 12.8. The Hall–Kier alpha value is -1.32. The Balaban J connectivity index is 4.24. The van der Waals surface area contributed by atoms with Crippen LogP contribution in [0.1, 0.15) is 206 Å². The van der Waals surface area contributed by atoms with Crippen LogP contribution in [-0.2, 0) is 18.4 Å². The molecular formula is C45H87N2O7P. The normalized spacial score (nSPS) is 14.9. The Bertz CT molecular complexity index is 977. The second kappa shape index (κ2) is 40.9. The summed E-state index contributed by atoms with van der Waals surface area (Å²) < 4.78 is 22.1. The summed E-state index contributed by atoms with van der Waals surface area (Å²) in [6, 6.07) is -0.981. The van der Waals surface area contributed by atoms with Crippen molar-refractivity contribution in [2.45, 2.75) is 225 Å². The molecule has 0 aliphatic rings. The molecule has 0 saturated heterocycles. The lowest BCUT2D eigenvalue weighted by Crippen LogP contribution is -2.46. The number of amides is 1. The van der Waals surface area contributed by atoms with E-state index in [-0.39, 0.29) is 19.6 Å². The molecule has 0 fully saturated rings. The fourth-order valence-corrected chi connectivity index (χ4v) is 7.39. The fraction of sp³-hybridized carbons (Fsp3) is 0.844. The van der Waals surface area contributed by atoms with Crippen LogP contribution in [0.15, 0.2) is 36.5 Å². The smallest absolute Gasteiger partial charge is 0.393 e. The zero-order valence-corrected chi connectivity index (χ0v) is 36.4. The van der Waals surface area contributed by atoms with E-state index in [1.165, 1.54) is 128 Å². The summed E-state index contributed by atoms with van der Waals surface area (Å²) in [5.41, 5.74) is 5.36. The van der Waals surface area contributed by atoms with Gasteiger partial charge in [0.25, 0.3) is 0 Å². The number of aliphatic hydroxyl groups is 2. The van der Waals surface area contributed by atoms with E-state index in [1.54, 1.807) is 6.08 Å².